The van der Waals surface area contributed by atoms with E-state index >= 15 is 0 Å². The van der Waals surface area contributed by atoms with Crippen LogP contribution in [0.15, 0.2) is 36.5 Å². The molecule has 252 valence electrons. The molecule has 0 aromatic carbocycles. The van der Waals surface area contributed by atoms with E-state index < -0.39 is 0 Å². The van der Waals surface area contributed by atoms with Crippen LogP contribution >= 0.6 is 0 Å². The quantitative estimate of drug-likeness (QED) is 0.0556. The number of aromatic nitrogens is 3. The summed E-state index contributed by atoms with van der Waals surface area (Å²) >= 11 is 0. The first kappa shape index (κ1) is 39.1. The van der Waals surface area contributed by atoms with Gasteiger partial charge in [0.1, 0.15) is 0 Å². The number of unbranched alkanes of at least 4 members (excludes halogenated alkanes) is 9. The Bertz CT molecular complexity index is 1070. The lowest BCUT2D eigenvalue weighted by Gasteiger charge is -2.23. The second-order valence-corrected chi connectivity index (χ2v) is 11.2. The van der Waals surface area contributed by atoms with Crippen molar-refractivity contribution in [1.82, 2.24) is 15.0 Å². The van der Waals surface area contributed by atoms with Crippen LogP contribution in [0.3, 0.4) is 0 Å². The molecule has 12 nitrogen and oxygen atoms in total. The van der Waals surface area contributed by atoms with Crippen LogP contribution in [0.2, 0.25) is 0 Å². The second-order valence-electron chi connectivity index (χ2n) is 11.2. The van der Waals surface area contributed by atoms with Crippen molar-refractivity contribution in [2.75, 3.05) is 55.4 Å². The number of esters is 3. The molecule has 0 radical (unpaired) electrons. The van der Waals surface area contributed by atoms with Crippen molar-refractivity contribution in [2.45, 2.75) is 97.8 Å². The van der Waals surface area contributed by atoms with E-state index in [4.69, 9.17) is 19.9 Å². The molecule has 0 bridgehead atoms. The highest BCUT2D eigenvalue weighted by atomic mass is 16.5. The Morgan fingerprint density at radius 3 is 1.44 bits per heavy atom. The Balaban J connectivity index is 2.58. The van der Waals surface area contributed by atoms with Crippen molar-refractivity contribution in [3.8, 4) is 0 Å². The zero-order valence-electron chi connectivity index (χ0n) is 27.7. The Kier molecular flexibility index (Phi) is 20.3. The maximum Gasteiger partial charge on any atom is 0.333 e. The molecule has 45 heavy (non-hydrogen) atoms. The fourth-order valence-electron chi connectivity index (χ4n) is 4.07. The molecule has 0 amide bonds. The largest absolute Gasteiger partial charge is 0.462 e. The first-order chi connectivity index (χ1) is 21.5. The highest BCUT2D eigenvalue weighted by Crippen LogP contribution is 2.16. The topological polar surface area (TPSA) is 159 Å². The van der Waals surface area contributed by atoms with Crippen LogP contribution in [0, 0.1) is 0 Å². The monoisotopic (exact) mass is 630 g/mol. The first-order valence-electron chi connectivity index (χ1n) is 16.0. The van der Waals surface area contributed by atoms with Crippen LogP contribution in [0.1, 0.15) is 97.8 Å². The third-order valence-electron chi connectivity index (χ3n) is 6.67. The van der Waals surface area contributed by atoms with Gasteiger partial charge in [-0.3, -0.25) is 0 Å². The van der Waals surface area contributed by atoms with Gasteiger partial charge in [-0.05, 0) is 78.6 Å². The average Bonchev–Trinajstić information content (AvgIpc) is 2.99. The van der Waals surface area contributed by atoms with Crippen molar-refractivity contribution < 1.29 is 28.6 Å². The number of nitrogens with zero attached hydrogens (tertiary/aromatic N) is 4. The molecule has 0 fully saturated rings. The fourth-order valence-corrected chi connectivity index (χ4v) is 4.07. The SMILES string of the molecule is C=C(C)C(=O)OCCCCCCNc1nc(N)nc(N(CCCCCCOC(=O)C(=C)C)CCCCCCOC(=O)C(=C)C)n1. The standard InChI is InChI=1S/C33H54N6O6/c1-25(2)28(40)43-22-16-10-7-13-19-35-32-36-31(34)37-33(38-32)39(20-14-8-11-17-23-44-29(41)26(3)4)21-15-9-12-18-24-45-30(42)27(5)6/h1,3,5,7-24H2,2,4,6H3,(H3,34,35,36,37,38). The van der Waals surface area contributed by atoms with E-state index in [1.165, 1.54) is 0 Å². The minimum Gasteiger partial charge on any atom is -0.462 e. The van der Waals surface area contributed by atoms with Crippen LogP contribution in [0.25, 0.3) is 0 Å². The van der Waals surface area contributed by atoms with Gasteiger partial charge < -0.3 is 30.2 Å². The molecule has 0 saturated carbocycles. The highest BCUT2D eigenvalue weighted by molar-refractivity contribution is 5.87. The summed E-state index contributed by atoms with van der Waals surface area (Å²) in [6.07, 6.45) is 10.8. The zero-order chi connectivity index (χ0) is 33.5. The minimum atomic E-state index is -0.353. The summed E-state index contributed by atoms with van der Waals surface area (Å²) < 4.78 is 15.5. The lowest BCUT2D eigenvalue weighted by atomic mass is 10.1. The Morgan fingerprint density at radius 2 is 1.02 bits per heavy atom. The predicted molar refractivity (Wildman–Crippen MR) is 178 cm³/mol. The summed E-state index contributed by atoms with van der Waals surface area (Å²) in [5.41, 5.74) is 7.29. The molecule has 0 aliphatic carbocycles. The van der Waals surface area contributed by atoms with E-state index in [1.807, 2.05) is 0 Å². The van der Waals surface area contributed by atoms with Crippen molar-refractivity contribution in [1.29, 1.82) is 0 Å². The van der Waals surface area contributed by atoms with Gasteiger partial charge in [-0.1, -0.05) is 39.0 Å². The van der Waals surface area contributed by atoms with Gasteiger partial charge >= 0.3 is 17.9 Å². The summed E-state index contributed by atoms with van der Waals surface area (Å²) in [4.78, 5) is 50.0. The van der Waals surface area contributed by atoms with Crippen LogP contribution in [-0.4, -0.2) is 72.3 Å². The fraction of sp³-hybridized carbons (Fsp3) is 0.636. The maximum absolute atomic E-state index is 11.5. The van der Waals surface area contributed by atoms with Gasteiger partial charge in [0.25, 0.3) is 0 Å². The van der Waals surface area contributed by atoms with E-state index in [2.05, 4.69) is 44.9 Å². The highest BCUT2D eigenvalue weighted by Gasteiger charge is 2.13. The molecule has 0 aliphatic heterocycles. The van der Waals surface area contributed by atoms with Gasteiger partial charge in [-0.15, -0.1) is 0 Å². The number of anilines is 3. The summed E-state index contributed by atoms with van der Waals surface area (Å²) in [5, 5.41) is 3.26. The van der Waals surface area contributed by atoms with Crippen molar-refractivity contribution in [2.24, 2.45) is 0 Å². The van der Waals surface area contributed by atoms with E-state index in [0.717, 1.165) is 90.1 Å². The van der Waals surface area contributed by atoms with Gasteiger partial charge in [-0.25, -0.2) is 14.4 Å². The Labute approximate surface area is 268 Å². The number of nitrogen functional groups attached to an aromatic ring is 1. The van der Waals surface area contributed by atoms with Gasteiger partial charge in [-0.2, -0.15) is 15.0 Å². The lowest BCUT2D eigenvalue weighted by Crippen LogP contribution is -2.28. The van der Waals surface area contributed by atoms with Crippen LogP contribution in [0.4, 0.5) is 17.8 Å². The third-order valence-corrected chi connectivity index (χ3v) is 6.67. The number of nitrogens with two attached hydrogens (primary N) is 1. The molecule has 12 heteroatoms. The molecular weight excluding hydrogens is 576 g/mol. The molecule has 0 aliphatic rings. The number of carbonyl (C=O) groups excluding carboxylic acids is 3. The molecule has 0 atom stereocenters. The number of carbonyl (C=O) groups is 3. The number of ether oxygens (including phenoxy) is 3. The second kappa shape index (κ2) is 23.4. The van der Waals surface area contributed by atoms with Crippen molar-refractivity contribution in [3.63, 3.8) is 0 Å². The summed E-state index contributed by atoms with van der Waals surface area (Å²) in [6.45, 7) is 19.0. The number of hydrogen-bond donors (Lipinski definition) is 2. The molecular formula is C33H54N6O6. The molecule has 1 heterocycles. The number of hydrogen-bond acceptors (Lipinski definition) is 12. The maximum atomic E-state index is 11.5. The number of rotatable bonds is 26. The van der Waals surface area contributed by atoms with E-state index in [0.29, 0.717) is 55.0 Å². The van der Waals surface area contributed by atoms with Gasteiger partial charge in [0, 0.05) is 36.4 Å². The predicted octanol–water partition coefficient (Wildman–Crippen LogP) is 5.71. The Morgan fingerprint density at radius 1 is 0.622 bits per heavy atom. The van der Waals surface area contributed by atoms with E-state index in [1.54, 1.807) is 20.8 Å². The summed E-state index contributed by atoms with van der Waals surface area (Å²) in [5.74, 6) is 0.0801. The molecule has 1 aromatic heterocycles. The normalized spacial score (nSPS) is 10.6. The van der Waals surface area contributed by atoms with Gasteiger partial charge in [0.2, 0.25) is 17.8 Å². The van der Waals surface area contributed by atoms with Gasteiger partial charge in [0.15, 0.2) is 0 Å². The summed E-state index contributed by atoms with van der Waals surface area (Å²) in [7, 11) is 0. The van der Waals surface area contributed by atoms with Crippen LogP contribution < -0.4 is 16.0 Å². The molecule has 0 spiro atoms. The minimum absolute atomic E-state index is 0.158. The lowest BCUT2D eigenvalue weighted by molar-refractivity contribution is -0.139. The van der Waals surface area contributed by atoms with E-state index in [9.17, 15) is 14.4 Å². The zero-order valence-corrected chi connectivity index (χ0v) is 27.7. The van der Waals surface area contributed by atoms with Crippen LogP contribution in [-0.2, 0) is 28.6 Å². The molecule has 1 rings (SSSR count). The van der Waals surface area contributed by atoms with Crippen molar-refractivity contribution >= 4 is 35.8 Å². The molecule has 3 N–H and O–H groups in total. The van der Waals surface area contributed by atoms with Crippen molar-refractivity contribution in [3.05, 3.63) is 36.5 Å². The molecule has 0 unspecified atom stereocenters. The number of nitrogens with one attached hydrogen (secondary N) is 1. The Hall–Kier alpha value is -3.96. The summed E-state index contributed by atoms with van der Waals surface area (Å²) in [6, 6.07) is 0. The smallest absolute Gasteiger partial charge is 0.333 e. The average molecular weight is 631 g/mol. The third kappa shape index (κ3) is 19.1. The van der Waals surface area contributed by atoms with E-state index in [-0.39, 0.29) is 23.9 Å². The molecule has 0 saturated heterocycles. The molecule has 1 aromatic rings. The van der Waals surface area contributed by atoms with Crippen LogP contribution in [0.5, 0.6) is 0 Å². The first-order valence-corrected chi connectivity index (χ1v) is 16.0. The van der Waals surface area contributed by atoms with Gasteiger partial charge in [0.05, 0.1) is 19.8 Å².